The molecule has 0 aromatic carbocycles. The van der Waals surface area contributed by atoms with Gasteiger partial charge in [-0.05, 0) is 68.8 Å². The lowest BCUT2D eigenvalue weighted by molar-refractivity contribution is -0.124. The second kappa shape index (κ2) is 6.88. The molecule has 2 amide bonds. The molecule has 0 unspecified atom stereocenters. The molecule has 130 valence electrons. The van der Waals surface area contributed by atoms with E-state index in [-0.39, 0.29) is 17.2 Å². The molecule has 1 aliphatic rings. The molecule has 5 nitrogen and oxygen atoms in total. The fraction of sp³-hybridized carbons (Fsp3) is 0.316. The standard InChI is InChI=1S/C19H21N3O2S/c1-5-12(2)22-18(23)16(25-19(22)24)11-15-10-13(3)21(14(15)4)17-8-6-7-9-20-17/h6-12H,5H2,1-4H3/t12-/m0/s1. The Morgan fingerprint density at radius 1 is 1.28 bits per heavy atom. The van der Waals surface area contributed by atoms with Crippen molar-refractivity contribution < 1.29 is 9.59 Å². The Hall–Kier alpha value is -2.34. The SMILES string of the molecule is CC[C@H](C)N1C(=O)SC(=Cc2cc(C)n(-c3ccccn3)c2C)C1=O. The van der Waals surface area contributed by atoms with E-state index in [4.69, 9.17) is 0 Å². The highest BCUT2D eigenvalue weighted by Gasteiger charge is 2.37. The van der Waals surface area contributed by atoms with Crippen molar-refractivity contribution in [2.45, 2.75) is 40.2 Å². The molecule has 0 spiro atoms. The number of hydrogen-bond acceptors (Lipinski definition) is 4. The van der Waals surface area contributed by atoms with Crippen LogP contribution in [0.1, 0.15) is 37.2 Å². The van der Waals surface area contributed by atoms with E-state index >= 15 is 0 Å². The fourth-order valence-corrected chi connectivity index (χ4v) is 3.88. The van der Waals surface area contributed by atoms with E-state index in [0.717, 1.165) is 41.0 Å². The predicted molar refractivity (Wildman–Crippen MR) is 101 cm³/mol. The van der Waals surface area contributed by atoms with E-state index in [2.05, 4.69) is 4.98 Å². The molecule has 1 atom stereocenters. The van der Waals surface area contributed by atoms with Crippen molar-refractivity contribution in [2.24, 2.45) is 0 Å². The van der Waals surface area contributed by atoms with E-state index in [1.54, 1.807) is 6.20 Å². The van der Waals surface area contributed by atoms with Gasteiger partial charge in [-0.3, -0.25) is 14.5 Å². The molecule has 1 saturated heterocycles. The lowest BCUT2D eigenvalue weighted by Crippen LogP contribution is -2.36. The first-order chi connectivity index (χ1) is 11.9. The lowest BCUT2D eigenvalue weighted by atomic mass is 10.2. The number of aromatic nitrogens is 2. The van der Waals surface area contributed by atoms with Crippen LogP contribution in [-0.4, -0.2) is 31.6 Å². The summed E-state index contributed by atoms with van der Waals surface area (Å²) in [5, 5.41) is -0.191. The zero-order chi connectivity index (χ0) is 18.1. The number of carbonyl (C=O) groups excluding carboxylic acids is 2. The number of pyridine rings is 1. The second-order valence-corrected chi connectivity index (χ2v) is 7.15. The topological polar surface area (TPSA) is 55.2 Å². The third kappa shape index (κ3) is 3.14. The second-order valence-electron chi connectivity index (χ2n) is 6.16. The highest BCUT2D eigenvalue weighted by atomic mass is 32.2. The first-order valence-electron chi connectivity index (χ1n) is 8.31. The van der Waals surface area contributed by atoms with Crippen LogP contribution >= 0.6 is 11.8 Å². The molecule has 2 aromatic heterocycles. The van der Waals surface area contributed by atoms with Crippen LogP contribution in [0.3, 0.4) is 0 Å². The van der Waals surface area contributed by atoms with Crippen molar-refractivity contribution in [2.75, 3.05) is 0 Å². The van der Waals surface area contributed by atoms with Crippen LogP contribution in [0, 0.1) is 13.8 Å². The van der Waals surface area contributed by atoms with Gasteiger partial charge in [0.25, 0.3) is 11.1 Å². The predicted octanol–water partition coefficient (Wildman–Crippen LogP) is 4.32. The summed E-state index contributed by atoms with van der Waals surface area (Å²) in [5.41, 5.74) is 2.95. The Kier molecular flexibility index (Phi) is 4.81. The van der Waals surface area contributed by atoms with Crippen LogP contribution in [0.15, 0.2) is 35.4 Å². The third-order valence-corrected chi connectivity index (χ3v) is 5.37. The minimum absolute atomic E-state index is 0.0839. The summed E-state index contributed by atoms with van der Waals surface area (Å²) in [6.07, 6.45) is 4.32. The van der Waals surface area contributed by atoms with Crippen molar-refractivity contribution in [3.05, 3.63) is 52.3 Å². The fourth-order valence-electron chi connectivity index (χ4n) is 2.96. The Morgan fingerprint density at radius 3 is 2.68 bits per heavy atom. The monoisotopic (exact) mass is 355 g/mol. The number of rotatable bonds is 4. The molecule has 1 aliphatic heterocycles. The van der Waals surface area contributed by atoms with Crippen LogP contribution in [0.25, 0.3) is 11.9 Å². The van der Waals surface area contributed by atoms with Gasteiger partial charge in [-0.15, -0.1) is 0 Å². The summed E-state index contributed by atoms with van der Waals surface area (Å²) in [7, 11) is 0. The van der Waals surface area contributed by atoms with Gasteiger partial charge in [0.15, 0.2) is 0 Å². The average Bonchev–Trinajstić information content (AvgIpc) is 3.03. The largest absolute Gasteiger partial charge is 0.303 e. The van der Waals surface area contributed by atoms with Gasteiger partial charge >= 0.3 is 0 Å². The van der Waals surface area contributed by atoms with Crippen molar-refractivity contribution in [3.63, 3.8) is 0 Å². The molecule has 0 saturated carbocycles. The molecule has 1 fully saturated rings. The van der Waals surface area contributed by atoms with E-state index < -0.39 is 0 Å². The van der Waals surface area contributed by atoms with Crippen LogP contribution in [0.4, 0.5) is 4.79 Å². The molecule has 2 aromatic rings. The van der Waals surface area contributed by atoms with Gasteiger partial charge in [-0.1, -0.05) is 13.0 Å². The highest BCUT2D eigenvalue weighted by Crippen LogP contribution is 2.35. The quantitative estimate of drug-likeness (QED) is 0.766. The highest BCUT2D eigenvalue weighted by molar-refractivity contribution is 8.18. The summed E-state index contributed by atoms with van der Waals surface area (Å²) in [6.45, 7) is 7.86. The maximum atomic E-state index is 12.6. The number of carbonyl (C=O) groups is 2. The zero-order valence-corrected chi connectivity index (χ0v) is 15.6. The molecule has 3 rings (SSSR count). The number of thioether (sulfide) groups is 1. The van der Waals surface area contributed by atoms with Gasteiger partial charge in [-0.2, -0.15) is 0 Å². The van der Waals surface area contributed by atoms with Crippen LogP contribution in [0.5, 0.6) is 0 Å². The first-order valence-corrected chi connectivity index (χ1v) is 9.13. The third-order valence-electron chi connectivity index (χ3n) is 4.49. The lowest BCUT2D eigenvalue weighted by Gasteiger charge is -2.19. The van der Waals surface area contributed by atoms with Crippen LogP contribution in [-0.2, 0) is 4.79 Å². The van der Waals surface area contributed by atoms with Gasteiger partial charge in [-0.25, -0.2) is 4.98 Å². The Morgan fingerprint density at radius 2 is 2.04 bits per heavy atom. The number of nitrogens with zero attached hydrogens (tertiary/aromatic N) is 3. The van der Waals surface area contributed by atoms with Gasteiger partial charge in [0, 0.05) is 23.6 Å². The molecule has 0 N–H and O–H groups in total. The Labute approximate surface area is 151 Å². The summed E-state index contributed by atoms with van der Waals surface area (Å²) < 4.78 is 2.05. The number of amides is 2. The van der Waals surface area contributed by atoms with Gasteiger partial charge in [0.2, 0.25) is 0 Å². The number of imide groups is 1. The molecule has 0 bridgehead atoms. The van der Waals surface area contributed by atoms with Crippen molar-refractivity contribution in [3.8, 4) is 5.82 Å². The van der Waals surface area contributed by atoms with E-state index in [1.807, 2.05) is 62.6 Å². The Balaban J connectivity index is 1.98. The normalized spacial score (nSPS) is 17.6. The molecule has 0 aliphatic carbocycles. The maximum absolute atomic E-state index is 12.6. The average molecular weight is 355 g/mol. The summed E-state index contributed by atoms with van der Waals surface area (Å²) in [4.78, 5) is 31.0. The minimum Gasteiger partial charge on any atom is -0.303 e. The molecular weight excluding hydrogens is 334 g/mol. The van der Waals surface area contributed by atoms with Gasteiger partial charge in [0.05, 0.1) is 4.91 Å². The van der Waals surface area contributed by atoms with Crippen molar-refractivity contribution in [1.82, 2.24) is 14.5 Å². The van der Waals surface area contributed by atoms with E-state index in [0.29, 0.717) is 4.91 Å². The summed E-state index contributed by atoms with van der Waals surface area (Å²) in [6, 6.07) is 7.70. The zero-order valence-electron chi connectivity index (χ0n) is 14.8. The first kappa shape index (κ1) is 17.5. The van der Waals surface area contributed by atoms with Crippen molar-refractivity contribution >= 4 is 29.0 Å². The number of hydrogen-bond donors (Lipinski definition) is 0. The molecule has 6 heteroatoms. The Bertz CT molecular complexity index is 855. The van der Waals surface area contributed by atoms with Gasteiger partial charge < -0.3 is 4.57 Å². The summed E-state index contributed by atoms with van der Waals surface area (Å²) in [5.74, 6) is 0.636. The summed E-state index contributed by atoms with van der Waals surface area (Å²) >= 11 is 1.01. The number of aryl methyl sites for hydroxylation is 1. The van der Waals surface area contributed by atoms with E-state index in [1.165, 1.54) is 4.90 Å². The van der Waals surface area contributed by atoms with Crippen LogP contribution in [0.2, 0.25) is 0 Å². The van der Waals surface area contributed by atoms with Gasteiger partial charge in [0.1, 0.15) is 5.82 Å². The molecule has 0 radical (unpaired) electrons. The molecular formula is C19H21N3O2S. The van der Waals surface area contributed by atoms with Crippen molar-refractivity contribution in [1.29, 1.82) is 0 Å². The maximum Gasteiger partial charge on any atom is 0.293 e. The van der Waals surface area contributed by atoms with Crippen LogP contribution < -0.4 is 0 Å². The molecule has 3 heterocycles. The van der Waals surface area contributed by atoms with E-state index in [9.17, 15) is 9.59 Å². The molecule has 25 heavy (non-hydrogen) atoms. The minimum atomic E-state index is -0.202. The smallest absolute Gasteiger partial charge is 0.293 e.